The minimum atomic E-state index is -0.416. The molecule has 0 aliphatic heterocycles. The molecule has 1 heterocycles. The lowest BCUT2D eigenvalue weighted by Crippen LogP contribution is -2.39. The number of nitrogens with zero attached hydrogens (tertiary/aromatic N) is 2. The van der Waals surface area contributed by atoms with E-state index in [0.717, 1.165) is 5.56 Å². The highest BCUT2D eigenvalue weighted by atomic mass is 35.5. The van der Waals surface area contributed by atoms with Gasteiger partial charge in [-0.3, -0.25) is 4.79 Å². The molecule has 19 heavy (non-hydrogen) atoms. The zero-order chi connectivity index (χ0) is 14.4. The van der Waals surface area contributed by atoms with Crippen molar-refractivity contribution in [1.29, 1.82) is 0 Å². The molecule has 0 aromatic carbocycles. The summed E-state index contributed by atoms with van der Waals surface area (Å²) in [5.41, 5.74) is 0.726. The number of anilines is 1. The van der Waals surface area contributed by atoms with Crippen molar-refractivity contribution < 1.29 is 9.53 Å². The molecule has 106 valence electrons. The Balaban J connectivity index is 2.66. The van der Waals surface area contributed by atoms with Crippen LogP contribution in [0.2, 0.25) is 5.15 Å². The van der Waals surface area contributed by atoms with Gasteiger partial charge in [0.05, 0.1) is 6.61 Å². The first-order chi connectivity index (χ1) is 8.95. The van der Waals surface area contributed by atoms with Crippen molar-refractivity contribution in [2.75, 3.05) is 25.6 Å². The van der Waals surface area contributed by atoms with Crippen LogP contribution in [0, 0.1) is 13.8 Å². The van der Waals surface area contributed by atoms with Crippen LogP contribution >= 0.6 is 11.6 Å². The number of ether oxygens (including phenoxy) is 1. The topological polar surface area (TPSA) is 76.1 Å². The molecule has 1 unspecified atom stereocenters. The monoisotopic (exact) mass is 286 g/mol. The number of carbonyl (C=O) groups excluding carboxylic acids is 1. The van der Waals surface area contributed by atoms with Crippen LogP contribution in [-0.2, 0) is 9.53 Å². The van der Waals surface area contributed by atoms with E-state index >= 15 is 0 Å². The van der Waals surface area contributed by atoms with Gasteiger partial charge in [-0.1, -0.05) is 11.6 Å². The van der Waals surface area contributed by atoms with Gasteiger partial charge in [-0.15, -0.1) is 0 Å². The molecule has 1 rings (SSSR count). The standard InChI is InChI=1S/C12H19ClN4O2/c1-7-10(13)16-9(3)17-11(7)15-8(2)12(18)14-5-6-19-4/h8H,5-6H2,1-4H3,(H,14,18)(H,15,16,17). The summed E-state index contributed by atoms with van der Waals surface area (Å²) >= 11 is 5.98. The second-order valence-corrected chi connectivity index (χ2v) is 4.54. The normalized spacial score (nSPS) is 12.1. The highest BCUT2D eigenvalue weighted by molar-refractivity contribution is 6.30. The molecule has 0 saturated heterocycles. The lowest BCUT2D eigenvalue weighted by atomic mass is 10.2. The number of hydrogen-bond acceptors (Lipinski definition) is 5. The zero-order valence-electron chi connectivity index (χ0n) is 11.6. The van der Waals surface area contributed by atoms with E-state index < -0.39 is 6.04 Å². The quantitative estimate of drug-likeness (QED) is 0.609. The van der Waals surface area contributed by atoms with Crippen molar-refractivity contribution in [3.63, 3.8) is 0 Å². The summed E-state index contributed by atoms with van der Waals surface area (Å²) in [5, 5.41) is 6.17. The number of nitrogens with one attached hydrogen (secondary N) is 2. The van der Waals surface area contributed by atoms with Gasteiger partial charge in [-0.2, -0.15) is 0 Å². The van der Waals surface area contributed by atoms with Crippen molar-refractivity contribution in [1.82, 2.24) is 15.3 Å². The summed E-state index contributed by atoms with van der Waals surface area (Å²) in [5.74, 6) is 1.01. The van der Waals surface area contributed by atoms with Crippen LogP contribution < -0.4 is 10.6 Å². The maximum atomic E-state index is 11.8. The zero-order valence-corrected chi connectivity index (χ0v) is 12.3. The largest absolute Gasteiger partial charge is 0.383 e. The molecule has 1 aromatic heterocycles. The Morgan fingerprint density at radius 2 is 2.11 bits per heavy atom. The average molecular weight is 287 g/mol. The summed E-state index contributed by atoms with van der Waals surface area (Å²) in [6.45, 7) is 6.27. The van der Waals surface area contributed by atoms with Crippen LogP contribution in [0.4, 0.5) is 5.82 Å². The van der Waals surface area contributed by atoms with E-state index in [9.17, 15) is 4.79 Å². The van der Waals surface area contributed by atoms with Crippen molar-refractivity contribution in [2.24, 2.45) is 0 Å². The molecule has 2 N–H and O–H groups in total. The van der Waals surface area contributed by atoms with Crippen molar-refractivity contribution >= 4 is 23.3 Å². The van der Waals surface area contributed by atoms with Gasteiger partial charge < -0.3 is 15.4 Å². The molecule has 0 saturated carbocycles. The predicted octanol–water partition coefficient (Wildman–Crippen LogP) is 1.31. The lowest BCUT2D eigenvalue weighted by molar-refractivity contribution is -0.121. The summed E-state index contributed by atoms with van der Waals surface area (Å²) in [4.78, 5) is 20.1. The molecule has 7 heteroatoms. The van der Waals surface area contributed by atoms with Crippen LogP contribution in [0.15, 0.2) is 0 Å². The van der Waals surface area contributed by atoms with E-state index in [0.29, 0.717) is 29.9 Å². The molecule has 0 spiro atoms. The number of halogens is 1. The molecule has 0 aliphatic rings. The average Bonchev–Trinajstić information content (AvgIpc) is 2.35. The molecule has 1 amide bonds. The first kappa shape index (κ1) is 15.7. The van der Waals surface area contributed by atoms with Crippen LogP contribution in [0.1, 0.15) is 18.3 Å². The van der Waals surface area contributed by atoms with Gasteiger partial charge in [0.15, 0.2) is 0 Å². The van der Waals surface area contributed by atoms with Gasteiger partial charge in [0.25, 0.3) is 0 Å². The molecule has 0 radical (unpaired) electrons. The summed E-state index contributed by atoms with van der Waals surface area (Å²) in [7, 11) is 1.59. The number of amides is 1. The van der Waals surface area contributed by atoms with Gasteiger partial charge in [0, 0.05) is 19.2 Å². The van der Waals surface area contributed by atoms with Gasteiger partial charge in [0.1, 0.15) is 22.8 Å². The molecule has 6 nitrogen and oxygen atoms in total. The number of aromatic nitrogens is 2. The Bertz CT molecular complexity index is 454. The maximum absolute atomic E-state index is 11.8. The predicted molar refractivity (Wildman–Crippen MR) is 74.5 cm³/mol. The van der Waals surface area contributed by atoms with Crippen LogP contribution in [-0.4, -0.2) is 42.2 Å². The summed E-state index contributed by atoms with van der Waals surface area (Å²) in [6.07, 6.45) is 0. The fourth-order valence-corrected chi connectivity index (χ4v) is 1.65. The molecular weight excluding hydrogens is 268 g/mol. The van der Waals surface area contributed by atoms with Crippen LogP contribution in [0.25, 0.3) is 0 Å². The lowest BCUT2D eigenvalue weighted by Gasteiger charge is -2.16. The Kier molecular flexibility index (Phi) is 5.98. The van der Waals surface area contributed by atoms with E-state index in [4.69, 9.17) is 16.3 Å². The number of rotatable bonds is 6. The van der Waals surface area contributed by atoms with Crippen molar-refractivity contribution in [3.8, 4) is 0 Å². The highest BCUT2D eigenvalue weighted by Crippen LogP contribution is 2.20. The fourth-order valence-electron chi connectivity index (χ4n) is 1.43. The summed E-state index contributed by atoms with van der Waals surface area (Å²) < 4.78 is 4.87. The van der Waals surface area contributed by atoms with E-state index in [2.05, 4.69) is 20.6 Å². The summed E-state index contributed by atoms with van der Waals surface area (Å²) in [6, 6.07) is -0.416. The SMILES string of the molecule is COCCNC(=O)C(C)Nc1nc(C)nc(Cl)c1C. The Labute approximate surface area is 117 Å². The first-order valence-electron chi connectivity index (χ1n) is 5.99. The molecular formula is C12H19ClN4O2. The minimum Gasteiger partial charge on any atom is -0.383 e. The Hall–Kier alpha value is -1.40. The Morgan fingerprint density at radius 3 is 2.74 bits per heavy atom. The van der Waals surface area contributed by atoms with E-state index in [1.54, 1.807) is 27.9 Å². The second kappa shape index (κ2) is 7.25. The van der Waals surface area contributed by atoms with E-state index in [1.807, 2.05) is 0 Å². The second-order valence-electron chi connectivity index (χ2n) is 4.19. The minimum absolute atomic E-state index is 0.121. The van der Waals surface area contributed by atoms with Gasteiger partial charge in [0.2, 0.25) is 5.91 Å². The van der Waals surface area contributed by atoms with E-state index in [-0.39, 0.29) is 5.91 Å². The molecule has 0 fully saturated rings. The molecule has 0 aliphatic carbocycles. The molecule has 1 atom stereocenters. The van der Waals surface area contributed by atoms with Gasteiger partial charge in [-0.05, 0) is 20.8 Å². The fraction of sp³-hybridized carbons (Fsp3) is 0.583. The van der Waals surface area contributed by atoms with Crippen molar-refractivity contribution in [3.05, 3.63) is 16.5 Å². The van der Waals surface area contributed by atoms with Crippen LogP contribution in [0.5, 0.6) is 0 Å². The third kappa shape index (κ3) is 4.65. The smallest absolute Gasteiger partial charge is 0.242 e. The Morgan fingerprint density at radius 1 is 1.42 bits per heavy atom. The maximum Gasteiger partial charge on any atom is 0.242 e. The number of hydrogen-bond donors (Lipinski definition) is 2. The number of aryl methyl sites for hydroxylation is 1. The van der Waals surface area contributed by atoms with Gasteiger partial charge in [-0.25, -0.2) is 9.97 Å². The number of carbonyl (C=O) groups is 1. The van der Waals surface area contributed by atoms with Gasteiger partial charge >= 0.3 is 0 Å². The third-order valence-electron chi connectivity index (χ3n) is 2.55. The molecule has 1 aromatic rings. The third-order valence-corrected chi connectivity index (χ3v) is 2.92. The molecule has 0 bridgehead atoms. The van der Waals surface area contributed by atoms with Crippen LogP contribution in [0.3, 0.4) is 0 Å². The highest BCUT2D eigenvalue weighted by Gasteiger charge is 2.15. The first-order valence-corrected chi connectivity index (χ1v) is 6.37. The van der Waals surface area contributed by atoms with Crippen molar-refractivity contribution in [2.45, 2.75) is 26.8 Å². The van der Waals surface area contributed by atoms with E-state index in [1.165, 1.54) is 0 Å². The number of methoxy groups -OCH3 is 1.